The first-order valence-corrected chi connectivity index (χ1v) is 6.64. The Bertz CT molecular complexity index is 606. The molecule has 1 heterocycles. The molecular weight excluding hydrogens is 258 g/mol. The number of anilines is 2. The van der Waals surface area contributed by atoms with Crippen LogP contribution < -0.4 is 11.1 Å². The number of carbonyl (C=O) groups is 1. The summed E-state index contributed by atoms with van der Waals surface area (Å²) in [5.74, 6) is 0.0384. The zero-order chi connectivity index (χ0) is 14.7. The van der Waals surface area contributed by atoms with Crippen molar-refractivity contribution in [3.63, 3.8) is 0 Å². The van der Waals surface area contributed by atoms with E-state index < -0.39 is 0 Å². The molecule has 0 saturated heterocycles. The highest BCUT2D eigenvalue weighted by atomic mass is 16.6. The molecule has 2 rings (SSSR count). The van der Waals surface area contributed by atoms with Crippen LogP contribution in [0.3, 0.4) is 0 Å². The van der Waals surface area contributed by atoms with Crippen LogP contribution >= 0.6 is 0 Å². The molecule has 1 aromatic heterocycles. The average Bonchev–Trinajstić information content (AvgIpc) is 2.93. The van der Waals surface area contributed by atoms with Crippen LogP contribution in [0.4, 0.5) is 11.4 Å². The van der Waals surface area contributed by atoms with Crippen LogP contribution in [0, 0.1) is 0 Å². The van der Waals surface area contributed by atoms with Gasteiger partial charge in [-0.2, -0.15) is 0 Å². The van der Waals surface area contributed by atoms with Crippen molar-refractivity contribution in [2.75, 3.05) is 24.1 Å². The molecule has 0 aliphatic carbocycles. The molecule has 3 N–H and O–H groups in total. The fourth-order valence-corrected chi connectivity index (χ4v) is 2.11. The van der Waals surface area contributed by atoms with Gasteiger partial charge < -0.3 is 16.0 Å². The molecule has 0 bridgehead atoms. The van der Waals surface area contributed by atoms with Crippen LogP contribution in [-0.4, -0.2) is 40.3 Å². The van der Waals surface area contributed by atoms with Crippen LogP contribution in [0.1, 0.15) is 20.8 Å². The molecule has 2 aromatic rings. The summed E-state index contributed by atoms with van der Waals surface area (Å²) in [6.07, 6.45) is 0. The van der Waals surface area contributed by atoms with E-state index in [0.717, 1.165) is 0 Å². The van der Waals surface area contributed by atoms with Gasteiger partial charge in [-0.1, -0.05) is 0 Å². The van der Waals surface area contributed by atoms with Crippen molar-refractivity contribution < 1.29 is 9.42 Å². The molecule has 7 heteroatoms. The smallest absolute Gasteiger partial charge is 0.244 e. The third kappa shape index (κ3) is 2.52. The third-order valence-electron chi connectivity index (χ3n) is 3.26. The lowest BCUT2D eigenvalue weighted by Crippen LogP contribution is -2.41. The Morgan fingerprint density at radius 3 is 2.65 bits per heavy atom. The van der Waals surface area contributed by atoms with Crippen molar-refractivity contribution >= 4 is 28.3 Å². The lowest BCUT2D eigenvalue weighted by Gasteiger charge is -2.24. The summed E-state index contributed by atoms with van der Waals surface area (Å²) >= 11 is 0. The van der Waals surface area contributed by atoms with Crippen LogP contribution in [0.25, 0.3) is 11.0 Å². The normalized spacial score (nSPS) is 12.3. The number of nitrogens with zero attached hydrogens (tertiary/aromatic N) is 3. The Labute approximate surface area is 117 Å². The highest BCUT2D eigenvalue weighted by molar-refractivity contribution is 5.96. The summed E-state index contributed by atoms with van der Waals surface area (Å²) in [4.78, 5) is 14.0. The summed E-state index contributed by atoms with van der Waals surface area (Å²) in [6.45, 7) is 7.10. The molecular formula is C13H19N5O2. The average molecular weight is 277 g/mol. The van der Waals surface area contributed by atoms with Gasteiger partial charge in [0.2, 0.25) is 5.91 Å². The van der Waals surface area contributed by atoms with Crippen molar-refractivity contribution in [2.24, 2.45) is 0 Å². The van der Waals surface area contributed by atoms with E-state index in [-0.39, 0.29) is 11.9 Å². The first kappa shape index (κ1) is 14.1. The molecule has 0 aliphatic rings. The molecule has 1 unspecified atom stereocenters. The molecule has 1 aromatic carbocycles. The van der Waals surface area contributed by atoms with Crippen molar-refractivity contribution in [2.45, 2.75) is 26.8 Å². The van der Waals surface area contributed by atoms with Crippen molar-refractivity contribution in [1.29, 1.82) is 0 Å². The van der Waals surface area contributed by atoms with E-state index in [2.05, 4.69) is 15.6 Å². The molecule has 0 radical (unpaired) electrons. The Kier molecular flexibility index (Phi) is 4.07. The summed E-state index contributed by atoms with van der Waals surface area (Å²) < 4.78 is 4.70. The standard InChI is InChI=1S/C13H19N5O2/c1-4-18(5-2)13(19)8(3)15-10-7-6-9(14)11-12(10)17-20-16-11/h6-8,15H,4-5,14H2,1-3H3. The maximum atomic E-state index is 12.2. The predicted molar refractivity (Wildman–Crippen MR) is 77.2 cm³/mol. The van der Waals surface area contributed by atoms with E-state index in [1.807, 2.05) is 20.8 Å². The zero-order valence-electron chi connectivity index (χ0n) is 11.9. The van der Waals surface area contributed by atoms with E-state index in [1.165, 1.54) is 0 Å². The van der Waals surface area contributed by atoms with Gasteiger partial charge in [0, 0.05) is 13.1 Å². The maximum absolute atomic E-state index is 12.2. The van der Waals surface area contributed by atoms with Crippen molar-refractivity contribution in [3.05, 3.63) is 12.1 Å². The fourth-order valence-electron chi connectivity index (χ4n) is 2.11. The summed E-state index contributed by atoms with van der Waals surface area (Å²) in [5.41, 5.74) is 7.99. The Morgan fingerprint density at radius 2 is 2.00 bits per heavy atom. The number of nitrogens with one attached hydrogen (secondary N) is 1. The predicted octanol–water partition coefficient (Wildman–Crippen LogP) is 1.47. The molecule has 0 spiro atoms. The second-order valence-electron chi connectivity index (χ2n) is 4.54. The molecule has 20 heavy (non-hydrogen) atoms. The molecule has 1 amide bonds. The monoisotopic (exact) mass is 277 g/mol. The number of carbonyl (C=O) groups excluding carboxylic acids is 1. The number of fused-ring (bicyclic) bond motifs is 1. The second-order valence-corrected chi connectivity index (χ2v) is 4.54. The first-order valence-electron chi connectivity index (χ1n) is 6.64. The Balaban J connectivity index is 2.22. The lowest BCUT2D eigenvalue weighted by atomic mass is 10.2. The van der Waals surface area contributed by atoms with E-state index in [9.17, 15) is 4.79 Å². The molecule has 0 aliphatic heterocycles. The van der Waals surface area contributed by atoms with Crippen LogP contribution in [0.2, 0.25) is 0 Å². The SMILES string of the molecule is CCN(CC)C(=O)C(C)Nc1ccc(N)c2nonc12. The van der Waals surface area contributed by atoms with Gasteiger partial charge in [0.15, 0.2) is 11.0 Å². The number of aromatic nitrogens is 2. The molecule has 108 valence electrons. The summed E-state index contributed by atoms with van der Waals surface area (Å²) in [5, 5.41) is 10.7. The lowest BCUT2D eigenvalue weighted by molar-refractivity contribution is -0.131. The number of amides is 1. The largest absolute Gasteiger partial charge is 0.397 e. The van der Waals surface area contributed by atoms with Crippen LogP contribution in [0.15, 0.2) is 16.8 Å². The number of hydrogen-bond acceptors (Lipinski definition) is 6. The van der Waals surface area contributed by atoms with Gasteiger partial charge in [-0.05, 0) is 43.2 Å². The van der Waals surface area contributed by atoms with Crippen molar-refractivity contribution in [1.82, 2.24) is 15.2 Å². The quantitative estimate of drug-likeness (QED) is 0.803. The van der Waals surface area contributed by atoms with Crippen LogP contribution in [-0.2, 0) is 4.79 Å². The number of rotatable bonds is 5. The highest BCUT2D eigenvalue weighted by Gasteiger charge is 2.20. The zero-order valence-corrected chi connectivity index (χ0v) is 11.9. The minimum absolute atomic E-state index is 0.0384. The van der Waals surface area contributed by atoms with Gasteiger partial charge in [-0.15, -0.1) is 0 Å². The molecule has 7 nitrogen and oxygen atoms in total. The summed E-state index contributed by atoms with van der Waals surface area (Å²) in [7, 11) is 0. The second kappa shape index (κ2) is 5.77. The molecule has 0 fully saturated rings. The van der Waals surface area contributed by atoms with Gasteiger partial charge in [-0.3, -0.25) is 4.79 Å². The van der Waals surface area contributed by atoms with Gasteiger partial charge in [0.05, 0.1) is 11.4 Å². The van der Waals surface area contributed by atoms with E-state index >= 15 is 0 Å². The van der Waals surface area contributed by atoms with Gasteiger partial charge in [0.25, 0.3) is 0 Å². The number of nitrogen functional groups attached to an aromatic ring is 1. The minimum atomic E-state index is -0.363. The van der Waals surface area contributed by atoms with E-state index in [1.54, 1.807) is 17.0 Å². The molecule has 1 atom stereocenters. The van der Waals surface area contributed by atoms with E-state index in [0.29, 0.717) is 35.5 Å². The van der Waals surface area contributed by atoms with Gasteiger partial charge in [-0.25, -0.2) is 4.63 Å². The summed E-state index contributed by atoms with van der Waals surface area (Å²) in [6, 6.07) is 3.12. The third-order valence-corrected chi connectivity index (χ3v) is 3.26. The number of nitrogens with two attached hydrogens (primary N) is 1. The molecule has 0 saturated carbocycles. The van der Waals surface area contributed by atoms with Crippen molar-refractivity contribution in [3.8, 4) is 0 Å². The Hall–Kier alpha value is -2.31. The van der Waals surface area contributed by atoms with Crippen LogP contribution in [0.5, 0.6) is 0 Å². The fraction of sp³-hybridized carbons (Fsp3) is 0.462. The highest BCUT2D eigenvalue weighted by Crippen LogP contribution is 2.25. The topological polar surface area (TPSA) is 97.3 Å². The number of benzene rings is 1. The van der Waals surface area contributed by atoms with Gasteiger partial charge >= 0.3 is 0 Å². The Morgan fingerprint density at radius 1 is 1.35 bits per heavy atom. The van der Waals surface area contributed by atoms with Gasteiger partial charge in [0.1, 0.15) is 6.04 Å². The van der Waals surface area contributed by atoms with E-state index in [4.69, 9.17) is 10.4 Å². The first-order chi connectivity index (χ1) is 9.58. The number of hydrogen-bond donors (Lipinski definition) is 2. The number of likely N-dealkylation sites (N-methyl/N-ethyl adjacent to an activating group) is 1. The minimum Gasteiger partial charge on any atom is -0.397 e. The maximum Gasteiger partial charge on any atom is 0.244 e.